The van der Waals surface area contributed by atoms with Crippen LogP contribution >= 0.6 is 11.6 Å². The van der Waals surface area contributed by atoms with Crippen LogP contribution in [-0.4, -0.2) is 39.2 Å². The fourth-order valence-corrected chi connectivity index (χ4v) is 2.46. The highest BCUT2D eigenvalue weighted by atomic mass is 35.5. The van der Waals surface area contributed by atoms with Crippen molar-refractivity contribution >= 4 is 17.7 Å². The van der Waals surface area contributed by atoms with Crippen LogP contribution in [0, 0.1) is 5.92 Å². The third-order valence-electron chi connectivity index (χ3n) is 3.57. The van der Waals surface area contributed by atoms with Gasteiger partial charge in [-0.1, -0.05) is 29.3 Å². The molecular weight excluding hydrogens is 304 g/mol. The molecule has 0 saturated heterocycles. The molecule has 122 valence electrons. The number of allylic oxidation sites excluding steroid dienone is 1. The van der Waals surface area contributed by atoms with Gasteiger partial charge in [0.2, 0.25) is 0 Å². The van der Waals surface area contributed by atoms with Gasteiger partial charge in [-0.05, 0) is 43.5 Å². The van der Waals surface area contributed by atoms with E-state index in [1.54, 1.807) is 12.1 Å². The first kappa shape index (κ1) is 18.7. The van der Waals surface area contributed by atoms with E-state index >= 15 is 0 Å². The van der Waals surface area contributed by atoms with Crippen LogP contribution in [0.15, 0.2) is 36.4 Å². The maximum atomic E-state index is 10.1. The van der Waals surface area contributed by atoms with Crippen molar-refractivity contribution in [2.45, 2.75) is 32.0 Å². The molecule has 0 spiro atoms. The lowest BCUT2D eigenvalue weighted by Crippen LogP contribution is -2.32. The van der Waals surface area contributed by atoms with Crippen molar-refractivity contribution in [3.63, 3.8) is 0 Å². The molecule has 1 rings (SSSR count). The van der Waals surface area contributed by atoms with Gasteiger partial charge in [0.1, 0.15) is 5.75 Å². The molecule has 0 radical (unpaired) electrons. The number of aromatic hydroxyl groups is 1. The zero-order valence-electron chi connectivity index (χ0n) is 12.6. The molecule has 0 heterocycles. The van der Waals surface area contributed by atoms with Crippen LogP contribution in [-0.2, 0) is 0 Å². The topological polar surface area (TPSA) is 80.9 Å². The van der Waals surface area contributed by atoms with Crippen LogP contribution in [0.5, 0.6) is 5.75 Å². The molecule has 5 heteroatoms. The third kappa shape index (κ3) is 5.46. The molecule has 0 aliphatic rings. The minimum atomic E-state index is -1.01. The Kier molecular flexibility index (Phi) is 7.62. The number of benzene rings is 1. The van der Waals surface area contributed by atoms with Gasteiger partial charge in [-0.25, -0.2) is 0 Å². The lowest BCUT2D eigenvalue weighted by atomic mass is 9.92. The highest BCUT2D eigenvalue weighted by Gasteiger charge is 2.23. The van der Waals surface area contributed by atoms with Crippen LogP contribution < -0.4 is 0 Å². The quantitative estimate of drug-likeness (QED) is 0.554. The summed E-state index contributed by atoms with van der Waals surface area (Å²) in [6.45, 7) is 5.09. The van der Waals surface area contributed by atoms with E-state index in [0.29, 0.717) is 17.9 Å². The Bertz CT molecular complexity index is 527. The van der Waals surface area contributed by atoms with Crippen LogP contribution in [0.2, 0.25) is 5.02 Å². The molecule has 4 N–H and O–H groups in total. The lowest BCUT2D eigenvalue weighted by molar-refractivity contribution is 0.00215. The van der Waals surface area contributed by atoms with E-state index in [2.05, 4.69) is 6.58 Å². The number of phenols is 1. The van der Waals surface area contributed by atoms with Crippen molar-refractivity contribution in [3.8, 4) is 5.75 Å². The first-order valence-electron chi connectivity index (χ1n) is 7.14. The zero-order valence-corrected chi connectivity index (χ0v) is 13.4. The number of hydrogen-bond donors (Lipinski definition) is 4. The largest absolute Gasteiger partial charge is 0.508 e. The fraction of sp³-hybridized carbons (Fsp3) is 0.412. The summed E-state index contributed by atoms with van der Waals surface area (Å²) in [6, 6.07) is 4.76. The van der Waals surface area contributed by atoms with E-state index in [0.717, 1.165) is 11.1 Å². The molecule has 0 bridgehead atoms. The number of phenolic OH excluding ortho intramolecular Hbond substituents is 1. The van der Waals surface area contributed by atoms with Crippen LogP contribution in [0.1, 0.15) is 25.3 Å². The molecule has 3 atom stereocenters. The predicted molar refractivity (Wildman–Crippen MR) is 88.8 cm³/mol. The molecule has 0 saturated carbocycles. The van der Waals surface area contributed by atoms with E-state index in [4.69, 9.17) is 16.7 Å². The highest BCUT2D eigenvalue weighted by Crippen LogP contribution is 2.25. The van der Waals surface area contributed by atoms with Crippen molar-refractivity contribution in [2.75, 3.05) is 6.61 Å². The second-order valence-electron chi connectivity index (χ2n) is 5.37. The van der Waals surface area contributed by atoms with Crippen molar-refractivity contribution in [1.29, 1.82) is 0 Å². The summed E-state index contributed by atoms with van der Waals surface area (Å²) in [4.78, 5) is 0. The van der Waals surface area contributed by atoms with Gasteiger partial charge >= 0.3 is 0 Å². The second-order valence-corrected chi connectivity index (χ2v) is 5.77. The molecule has 22 heavy (non-hydrogen) atoms. The summed E-state index contributed by atoms with van der Waals surface area (Å²) >= 11 is 6.04. The summed E-state index contributed by atoms with van der Waals surface area (Å²) in [7, 11) is 0. The Morgan fingerprint density at radius 2 is 2.00 bits per heavy atom. The Morgan fingerprint density at radius 1 is 1.32 bits per heavy atom. The maximum Gasteiger partial charge on any atom is 0.117 e. The molecular formula is C17H23ClO4. The molecule has 0 aliphatic carbocycles. The minimum absolute atomic E-state index is 0.113. The number of hydrogen-bond acceptors (Lipinski definition) is 4. The smallest absolute Gasteiger partial charge is 0.117 e. The van der Waals surface area contributed by atoms with E-state index in [1.807, 2.05) is 13.0 Å². The normalized spacial score (nSPS) is 16.1. The highest BCUT2D eigenvalue weighted by molar-refractivity contribution is 6.32. The predicted octanol–water partition coefficient (Wildman–Crippen LogP) is 2.75. The summed E-state index contributed by atoms with van der Waals surface area (Å²) in [5.41, 5.74) is 1.80. The van der Waals surface area contributed by atoms with Crippen molar-refractivity contribution in [3.05, 3.63) is 47.0 Å². The van der Waals surface area contributed by atoms with E-state index in [-0.39, 0.29) is 5.75 Å². The number of aliphatic hydroxyl groups is 3. The Hall–Kier alpha value is -1.33. The van der Waals surface area contributed by atoms with Crippen molar-refractivity contribution in [2.24, 2.45) is 5.92 Å². The van der Waals surface area contributed by atoms with Crippen molar-refractivity contribution < 1.29 is 20.4 Å². The van der Waals surface area contributed by atoms with Gasteiger partial charge in [0.05, 0.1) is 23.8 Å². The molecule has 0 amide bonds. The standard InChI is InChI=1S/C17H23ClO4/c1-3-14(17(22)10-19)16(21)7-4-11(2)8-12-5-6-13(20)9-15(12)18/h3,5-6,8-9,14,16-17,19-22H,1,4,7,10H2,2H3/b11-8+/t14-,16-,17-/m1/s1. The second kappa shape index (κ2) is 8.96. The molecule has 0 fully saturated rings. The van der Waals surface area contributed by atoms with Gasteiger partial charge in [0.25, 0.3) is 0 Å². The van der Waals surface area contributed by atoms with Gasteiger partial charge in [-0.3, -0.25) is 0 Å². The summed E-state index contributed by atoms with van der Waals surface area (Å²) in [5.74, 6) is -0.447. The summed E-state index contributed by atoms with van der Waals surface area (Å²) in [5, 5.41) is 38.4. The number of halogens is 1. The maximum absolute atomic E-state index is 10.1. The van der Waals surface area contributed by atoms with Crippen LogP contribution in [0.4, 0.5) is 0 Å². The van der Waals surface area contributed by atoms with Gasteiger partial charge in [-0.15, -0.1) is 6.58 Å². The van der Waals surface area contributed by atoms with Gasteiger partial charge in [0, 0.05) is 5.92 Å². The summed E-state index contributed by atoms with van der Waals surface area (Å²) < 4.78 is 0. The average molecular weight is 327 g/mol. The minimum Gasteiger partial charge on any atom is -0.508 e. The third-order valence-corrected chi connectivity index (χ3v) is 3.90. The SMILES string of the molecule is C=C[C@@H]([C@H](O)CO)[C@H](O)CC/C(C)=C/c1ccc(O)cc1Cl. The molecule has 4 nitrogen and oxygen atoms in total. The van der Waals surface area contributed by atoms with Crippen LogP contribution in [0.25, 0.3) is 6.08 Å². The first-order chi connectivity index (χ1) is 10.4. The molecule has 1 aromatic rings. The van der Waals surface area contributed by atoms with E-state index in [1.165, 1.54) is 12.1 Å². The Balaban J connectivity index is 2.66. The lowest BCUT2D eigenvalue weighted by Gasteiger charge is -2.23. The van der Waals surface area contributed by atoms with E-state index in [9.17, 15) is 15.3 Å². The Labute approximate surface area is 136 Å². The Morgan fingerprint density at radius 3 is 2.55 bits per heavy atom. The first-order valence-corrected chi connectivity index (χ1v) is 7.52. The molecule has 1 aromatic carbocycles. The monoisotopic (exact) mass is 326 g/mol. The number of rotatable bonds is 8. The van der Waals surface area contributed by atoms with Crippen LogP contribution in [0.3, 0.4) is 0 Å². The molecule has 0 unspecified atom stereocenters. The van der Waals surface area contributed by atoms with Gasteiger partial charge < -0.3 is 20.4 Å². The van der Waals surface area contributed by atoms with Gasteiger partial charge in [0.15, 0.2) is 0 Å². The number of aliphatic hydroxyl groups excluding tert-OH is 3. The average Bonchev–Trinajstić information content (AvgIpc) is 2.48. The van der Waals surface area contributed by atoms with Crippen molar-refractivity contribution in [1.82, 2.24) is 0 Å². The van der Waals surface area contributed by atoms with E-state index < -0.39 is 24.7 Å². The zero-order chi connectivity index (χ0) is 16.7. The van der Waals surface area contributed by atoms with Gasteiger partial charge in [-0.2, -0.15) is 0 Å². The molecule has 0 aromatic heterocycles. The molecule has 0 aliphatic heterocycles. The fourth-order valence-electron chi connectivity index (χ4n) is 2.23. The summed E-state index contributed by atoms with van der Waals surface area (Å²) in [6.07, 6.45) is 2.61.